The van der Waals surface area contributed by atoms with E-state index in [0.29, 0.717) is 0 Å². The Morgan fingerprint density at radius 1 is 1.43 bits per heavy atom. The molecule has 0 aliphatic heterocycles. The molecule has 0 radical (unpaired) electrons. The minimum atomic E-state index is -1.95. The van der Waals surface area contributed by atoms with E-state index in [1.165, 1.54) is 6.92 Å². The van der Waals surface area contributed by atoms with Gasteiger partial charge in [-0.1, -0.05) is 0 Å². The highest BCUT2D eigenvalue weighted by molar-refractivity contribution is 7.71. The quantitative estimate of drug-likeness (QED) is 0.344. The predicted octanol–water partition coefficient (Wildman–Crippen LogP) is 0.490. The van der Waals surface area contributed by atoms with E-state index in [2.05, 4.69) is 13.2 Å². The molecule has 0 amide bonds. The van der Waals surface area contributed by atoms with Gasteiger partial charge in [-0.05, 0) is 6.92 Å². The summed E-state index contributed by atoms with van der Waals surface area (Å²) in [6.45, 7) is 7.46. The molecule has 7 heavy (non-hydrogen) atoms. The number of rotatable bonds is 0. The van der Waals surface area contributed by atoms with Gasteiger partial charge in [0.15, 0.2) is 0 Å². The molecule has 0 saturated heterocycles. The lowest BCUT2D eigenvalue weighted by molar-refractivity contribution is 0.627. The summed E-state index contributed by atoms with van der Waals surface area (Å²) in [6, 6.07) is 0. The Bertz CT molecular complexity index is 124. The molecule has 0 rings (SSSR count). The Labute approximate surface area is 45.0 Å². The number of hydrogen-bond donors (Lipinski definition) is 0. The molecule has 0 unspecified atom stereocenters. The SMILES string of the molecule is C=C.CC=S(=O)=O. The smallest absolute Gasteiger partial charge is 0.185 e. The molecule has 42 valence electrons. The van der Waals surface area contributed by atoms with E-state index in [9.17, 15) is 8.42 Å². The summed E-state index contributed by atoms with van der Waals surface area (Å²) >= 11 is 0. The van der Waals surface area contributed by atoms with Crippen molar-refractivity contribution in [3.63, 3.8) is 0 Å². The molecule has 0 fully saturated rings. The molecule has 0 aliphatic rings. The molecule has 0 N–H and O–H groups in total. The van der Waals surface area contributed by atoms with Gasteiger partial charge in [0.05, 0.1) is 0 Å². The van der Waals surface area contributed by atoms with Crippen LogP contribution in [0.15, 0.2) is 13.2 Å². The van der Waals surface area contributed by atoms with E-state index >= 15 is 0 Å². The molecule has 3 heteroatoms. The molecule has 2 nitrogen and oxygen atoms in total. The Balaban J connectivity index is 0. The van der Waals surface area contributed by atoms with Crippen molar-refractivity contribution >= 4 is 15.7 Å². The second-order valence-electron chi connectivity index (χ2n) is 0.496. The predicted molar refractivity (Wildman–Crippen MR) is 31.9 cm³/mol. The van der Waals surface area contributed by atoms with Crippen LogP contribution in [-0.4, -0.2) is 13.8 Å². The zero-order valence-corrected chi connectivity index (χ0v) is 5.03. The van der Waals surface area contributed by atoms with Gasteiger partial charge in [0.1, 0.15) is 0 Å². The Kier molecular flexibility index (Phi) is 12.5. The molecule has 0 saturated carbocycles. The van der Waals surface area contributed by atoms with Crippen molar-refractivity contribution in [3.8, 4) is 0 Å². The van der Waals surface area contributed by atoms with Gasteiger partial charge in [-0.3, -0.25) is 0 Å². The Hall–Kier alpha value is -0.570. The van der Waals surface area contributed by atoms with Crippen molar-refractivity contribution < 1.29 is 8.42 Å². The topological polar surface area (TPSA) is 34.1 Å². The second kappa shape index (κ2) is 9.06. The van der Waals surface area contributed by atoms with Crippen LogP contribution in [0.1, 0.15) is 6.92 Å². The average Bonchev–Trinajstić information content (AvgIpc) is 1.73. The average molecular weight is 120 g/mol. The van der Waals surface area contributed by atoms with Crippen LogP contribution >= 0.6 is 0 Å². The van der Waals surface area contributed by atoms with Gasteiger partial charge in [0, 0.05) is 5.37 Å². The van der Waals surface area contributed by atoms with Crippen LogP contribution in [0, 0.1) is 0 Å². The highest BCUT2D eigenvalue weighted by Crippen LogP contribution is 1.31. The zero-order valence-electron chi connectivity index (χ0n) is 4.22. The van der Waals surface area contributed by atoms with Crippen LogP contribution in [0.5, 0.6) is 0 Å². The molecule has 0 atom stereocenters. The third-order valence-electron chi connectivity index (χ3n) is 0.192. The van der Waals surface area contributed by atoms with Crippen LogP contribution in [0.3, 0.4) is 0 Å². The maximum absolute atomic E-state index is 9.31. The highest BCUT2D eigenvalue weighted by atomic mass is 32.2. The standard InChI is InChI=1S/C2H4O2S.C2H4/c1-2-5(3)4;1-2/h2H,1H3;1-2H2. The highest BCUT2D eigenvalue weighted by Gasteiger charge is 1.47. The lowest BCUT2D eigenvalue weighted by atomic mass is 11.0. The van der Waals surface area contributed by atoms with Gasteiger partial charge in [-0.15, -0.1) is 13.2 Å². The molecule has 0 aromatic rings. The molecule has 0 aromatic carbocycles. The zero-order chi connectivity index (χ0) is 6.28. The third-order valence-corrected chi connectivity index (χ3v) is 0.577. The summed E-state index contributed by atoms with van der Waals surface area (Å²) in [5.74, 6) is 0. The summed E-state index contributed by atoms with van der Waals surface area (Å²) < 4.78 is 18.6. The van der Waals surface area contributed by atoms with E-state index < -0.39 is 10.3 Å². The Morgan fingerprint density at radius 3 is 1.57 bits per heavy atom. The first kappa shape index (κ1) is 9.66. The van der Waals surface area contributed by atoms with Crippen LogP contribution in [0.2, 0.25) is 0 Å². The van der Waals surface area contributed by atoms with Crippen LogP contribution in [0.25, 0.3) is 0 Å². The van der Waals surface area contributed by atoms with Gasteiger partial charge >= 0.3 is 0 Å². The molecule has 0 aliphatic carbocycles. The van der Waals surface area contributed by atoms with E-state index in [0.717, 1.165) is 5.37 Å². The lowest BCUT2D eigenvalue weighted by Crippen LogP contribution is -1.55. The largest absolute Gasteiger partial charge is 0.209 e. The van der Waals surface area contributed by atoms with Crippen molar-refractivity contribution in [1.29, 1.82) is 0 Å². The van der Waals surface area contributed by atoms with E-state index in [4.69, 9.17) is 0 Å². The molecular weight excluding hydrogens is 112 g/mol. The number of hydrogen-bond acceptors (Lipinski definition) is 2. The summed E-state index contributed by atoms with van der Waals surface area (Å²) in [5.41, 5.74) is 0. The second-order valence-corrected chi connectivity index (χ2v) is 1.49. The van der Waals surface area contributed by atoms with Crippen LogP contribution in [0.4, 0.5) is 0 Å². The lowest BCUT2D eigenvalue weighted by Gasteiger charge is -1.38. The summed E-state index contributed by atoms with van der Waals surface area (Å²) in [7, 11) is -1.95. The van der Waals surface area contributed by atoms with Gasteiger partial charge < -0.3 is 0 Å². The van der Waals surface area contributed by atoms with E-state index in [1.54, 1.807) is 0 Å². The fourth-order valence-corrected chi connectivity index (χ4v) is 0. The minimum Gasteiger partial charge on any atom is -0.185 e. The first-order valence-corrected chi connectivity index (χ1v) is 2.78. The molecule has 0 heterocycles. The maximum Gasteiger partial charge on any atom is 0.209 e. The van der Waals surface area contributed by atoms with Gasteiger partial charge in [0.2, 0.25) is 10.3 Å². The van der Waals surface area contributed by atoms with Gasteiger partial charge in [-0.25, -0.2) is 0 Å². The van der Waals surface area contributed by atoms with Crippen molar-refractivity contribution in [2.75, 3.05) is 0 Å². The van der Waals surface area contributed by atoms with Gasteiger partial charge in [0.25, 0.3) is 0 Å². The van der Waals surface area contributed by atoms with Crippen LogP contribution < -0.4 is 0 Å². The van der Waals surface area contributed by atoms with Crippen LogP contribution in [-0.2, 0) is 10.3 Å². The first-order chi connectivity index (χ1) is 3.27. The molecule has 0 aromatic heterocycles. The Morgan fingerprint density at radius 2 is 1.57 bits per heavy atom. The maximum atomic E-state index is 9.31. The summed E-state index contributed by atoms with van der Waals surface area (Å²) in [5, 5.41) is 1.08. The van der Waals surface area contributed by atoms with Crippen molar-refractivity contribution in [2.45, 2.75) is 6.92 Å². The summed E-state index contributed by atoms with van der Waals surface area (Å²) in [6.07, 6.45) is 0. The fraction of sp³-hybridized carbons (Fsp3) is 0.250. The first-order valence-electron chi connectivity index (χ1n) is 1.65. The monoisotopic (exact) mass is 120 g/mol. The summed E-state index contributed by atoms with van der Waals surface area (Å²) in [4.78, 5) is 0. The fourth-order valence-electron chi connectivity index (χ4n) is 0. The molecule has 0 spiro atoms. The normalized spacial score (nSPS) is 5.29. The van der Waals surface area contributed by atoms with Crippen molar-refractivity contribution in [1.82, 2.24) is 0 Å². The van der Waals surface area contributed by atoms with E-state index in [-0.39, 0.29) is 0 Å². The third kappa shape index (κ3) is 31.2. The van der Waals surface area contributed by atoms with Gasteiger partial charge in [-0.2, -0.15) is 8.42 Å². The minimum absolute atomic E-state index is 1.08. The van der Waals surface area contributed by atoms with Crippen molar-refractivity contribution in [3.05, 3.63) is 13.2 Å². The van der Waals surface area contributed by atoms with Crippen molar-refractivity contribution in [2.24, 2.45) is 0 Å². The van der Waals surface area contributed by atoms with E-state index in [1.807, 2.05) is 0 Å². The molecule has 0 bridgehead atoms. The molecular formula is C4H8O2S.